The van der Waals surface area contributed by atoms with Crippen LogP contribution < -0.4 is 9.62 Å². The highest BCUT2D eigenvalue weighted by Gasteiger charge is 2.33. The Hall–Kier alpha value is -3.14. The standard InChI is InChI=1S/C29H32Cl2FN3O4S/c1-19(2)16-33-29(37)21(4)34(17-22-7-8-23(30)15-27(22)31)28(36)18-35(25-11-9-24(32)10-12-25)40(38,39)26-13-5-20(3)6-14-26/h5-15,19,21H,16-18H2,1-4H3,(H,33,37)/t21-/m1/s1. The van der Waals surface area contributed by atoms with E-state index in [2.05, 4.69) is 5.32 Å². The third-order valence-corrected chi connectivity index (χ3v) is 8.59. The highest BCUT2D eigenvalue weighted by atomic mass is 35.5. The smallest absolute Gasteiger partial charge is 0.264 e. The van der Waals surface area contributed by atoms with Gasteiger partial charge in [-0.3, -0.25) is 13.9 Å². The van der Waals surface area contributed by atoms with E-state index >= 15 is 0 Å². The van der Waals surface area contributed by atoms with Crippen molar-refractivity contribution in [2.45, 2.75) is 45.2 Å². The van der Waals surface area contributed by atoms with Gasteiger partial charge in [0.1, 0.15) is 18.4 Å². The molecule has 0 unspecified atom stereocenters. The lowest BCUT2D eigenvalue weighted by molar-refractivity contribution is -0.139. The second-order valence-electron chi connectivity index (χ2n) is 9.87. The number of nitrogens with zero attached hydrogens (tertiary/aromatic N) is 2. The molecule has 0 aliphatic carbocycles. The van der Waals surface area contributed by atoms with Crippen LogP contribution in [0.2, 0.25) is 10.0 Å². The van der Waals surface area contributed by atoms with Crippen molar-refractivity contribution >= 4 is 50.7 Å². The second-order valence-corrected chi connectivity index (χ2v) is 12.6. The molecule has 0 aromatic heterocycles. The monoisotopic (exact) mass is 607 g/mol. The molecule has 0 heterocycles. The van der Waals surface area contributed by atoms with Gasteiger partial charge in [-0.05, 0) is 73.9 Å². The van der Waals surface area contributed by atoms with Crippen molar-refractivity contribution in [3.63, 3.8) is 0 Å². The maximum Gasteiger partial charge on any atom is 0.264 e. The molecular weight excluding hydrogens is 576 g/mol. The van der Waals surface area contributed by atoms with Gasteiger partial charge in [0.05, 0.1) is 10.6 Å². The van der Waals surface area contributed by atoms with E-state index in [4.69, 9.17) is 23.2 Å². The van der Waals surface area contributed by atoms with E-state index in [-0.39, 0.29) is 23.0 Å². The lowest BCUT2D eigenvalue weighted by Gasteiger charge is -2.32. The van der Waals surface area contributed by atoms with E-state index in [1.54, 1.807) is 31.2 Å². The molecular formula is C29H32Cl2FN3O4S. The summed E-state index contributed by atoms with van der Waals surface area (Å²) in [7, 11) is -4.25. The number of anilines is 1. The molecule has 1 N–H and O–H groups in total. The van der Waals surface area contributed by atoms with Crippen molar-refractivity contribution in [2.24, 2.45) is 5.92 Å². The Morgan fingerprint density at radius 1 is 0.950 bits per heavy atom. The molecule has 0 spiro atoms. The summed E-state index contributed by atoms with van der Waals surface area (Å²) in [5, 5.41) is 3.52. The molecule has 0 aliphatic heterocycles. The van der Waals surface area contributed by atoms with Gasteiger partial charge in [0.15, 0.2) is 0 Å². The molecule has 3 aromatic rings. The Bertz CT molecular complexity index is 1450. The Morgan fingerprint density at radius 3 is 2.15 bits per heavy atom. The predicted octanol–water partition coefficient (Wildman–Crippen LogP) is 5.83. The number of rotatable bonds is 11. The van der Waals surface area contributed by atoms with Gasteiger partial charge in [0.2, 0.25) is 11.8 Å². The number of hydrogen-bond donors (Lipinski definition) is 1. The van der Waals surface area contributed by atoms with Crippen LogP contribution >= 0.6 is 23.2 Å². The summed E-state index contributed by atoms with van der Waals surface area (Å²) in [6.07, 6.45) is 0. The molecule has 7 nitrogen and oxygen atoms in total. The fourth-order valence-electron chi connectivity index (χ4n) is 3.84. The average molecular weight is 609 g/mol. The summed E-state index contributed by atoms with van der Waals surface area (Å²) in [5.41, 5.74) is 1.48. The minimum absolute atomic E-state index is 0.0368. The fourth-order valence-corrected chi connectivity index (χ4v) is 5.72. The number of amides is 2. The molecule has 0 fully saturated rings. The number of carbonyl (C=O) groups is 2. The summed E-state index contributed by atoms with van der Waals surface area (Å²) in [4.78, 5) is 28.2. The van der Waals surface area contributed by atoms with Crippen LogP contribution in [0.15, 0.2) is 71.6 Å². The van der Waals surface area contributed by atoms with E-state index in [1.165, 1.54) is 35.2 Å². The lowest BCUT2D eigenvalue weighted by atomic mass is 10.1. The van der Waals surface area contributed by atoms with Crippen LogP contribution in [0.4, 0.5) is 10.1 Å². The Balaban J connectivity index is 2.03. The van der Waals surface area contributed by atoms with E-state index in [1.807, 2.05) is 20.8 Å². The summed E-state index contributed by atoms with van der Waals surface area (Å²) in [5.74, 6) is -1.43. The van der Waals surface area contributed by atoms with Gasteiger partial charge in [-0.15, -0.1) is 0 Å². The van der Waals surface area contributed by atoms with Gasteiger partial charge in [0.25, 0.3) is 10.0 Å². The number of sulfonamides is 1. The first-order chi connectivity index (χ1) is 18.8. The van der Waals surface area contributed by atoms with Crippen LogP contribution in [0.3, 0.4) is 0 Å². The zero-order valence-electron chi connectivity index (χ0n) is 22.7. The summed E-state index contributed by atoms with van der Waals surface area (Å²) in [6, 6.07) is 14.8. The largest absolute Gasteiger partial charge is 0.354 e. The highest BCUT2D eigenvalue weighted by molar-refractivity contribution is 7.92. The molecule has 0 saturated heterocycles. The van der Waals surface area contributed by atoms with Crippen molar-refractivity contribution in [2.75, 3.05) is 17.4 Å². The number of halogens is 3. The van der Waals surface area contributed by atoms with Gasteiger partial charge in [-0.2, -0.15) is 0 Å². The maximum atomic E-state index is 13.9. The van der Waals surface area contributed by atoms with Crippen LogP contribution in [0, 0.1) is 18.7 Å². The Kier molecular flexibility index (Phi) is 10.6. The zero-order chi connectivity index (χ0) is 29.6. The van der Waals surface area contributed by atoms with E-state index in [0.717, 1.165) is 22.0 Å². The summed E-state index contributed by atoms with van der Waals surface area (Å²) in [6.45, 7) is 6.95. The van der Waals surface area contributed by atoms with Crippen molar-refractivity contribution in [1.29, 1.82) is 0 Å². The third-order valence-electron chi connectivity index (χ3n) is 6.21. The second kappa shape index (κ2) is 13.5. The van der Waals surface area contributed by atoms with Gasteiger partial charge < -0.3 is 10.2 Å². The van der Waals surface area contributed by atoms with E-state index in [9.17, 15) is 22.4 Å². The van der Waals surface area contributed by atoms with Crippen molar-refractivity contribution in [3.05, 3.63) is 93.7 Å². The number of hydrogen-bond acceptors (Lipinski definition) is 4. The summed E-state index contributed by atoms with van der Waals surface area (Å²) >= 11 is 12.4. The number of benzene rings is 3. The first kappa shape index (κ1) is 31.4. The molecule has 2 amide bonds. The van der Waals surface area contributed by atoms with Crippen LogP contribution in [0.5, 0.6) is 0 Å². The first-order valence-corrected chi connectivity index (χ1v) is 14.8. The van der Waals surface area contributed by atoms with Gasteiger partial charge in [-0.25, -0.2) is 12.8 Å². The first-order valence-electron chi connectivity index (χ1n) is 12.7. The van der Waals surface area contributed by atoms with Crippen LogP contribution in [0.1, 0.15) is 31.9 Å². The molecule has 40 heavy (non-hydrogen) atoms. The fraction of sp³-hybridized carbons (Fsp3) is 0.310. The van der Waals surface area contributed by atoms with Gasteiger partial charge in [0, 0.05) is 23.1 Å². The average Bonchev–Trinajstić information content (AvgIpc) is 2.90. The zero-order valence-corrected chi connectivity index (χ0v) is 25.0. The molecule has 0 bridgehead atoms. The molecule has 0 radical (unpaired) electrons. The Labute approximate surface area is 244 Å². The number of carbonyl (C=O) groups excluding carboxylic acids is 2. The van der Waals surface area contributed by atoms with Crippen molar-refractivity contribution in [3.8, 4) is 0 Å². The normalized spacial score (nSPS) is 12.2. The maximum absolute atomic E-state index is 13.9. The van der Waals surface area contributed by atoms with Gasteiger partial charge in [-0.1, -0.05) is 60.8 Å². The van der Waals surface area contributed by atoms with Crippen molar-refractivity contribution < 1.29 is 22.4 Å². The van der Waals surface area contributed by atoms with Crippen LogP contribution in [0.25, 0.3) is 0 Å². The van der Waals surface area contributed by atoms with Crippen molar-refractivity contribution in [1.82, 2.24) is 10.2 Å². The van der Waals surface area contributed by atoms with Gasteiger partial charge >= 0.3 is 0 Å². The van der Waals surface area contributed by atoms with E-state index in [0.29, 0.717) is 22.2 Å². The molecule has 3 rings (SSSR count). The minimum atomic E-state index is -4.25. The molecule has 3 aromatic carbocycles. The number of nitrogens with one attached hydrogen (secondary N) is 1. The number of aryl methyl sites for hydroxylation is 1. The highest BCUT2D eigenvalue weighted by Crippen LogP contribution is 2.27. The Morgan fingerprint density at radius 2 is 1.57 bits per heavy atom. The summed E-state index contributed by atoms with van der Waals surface area (Å²) < 4.78 is 42.2. The SMILES string of the molecule is Cc1ccc(S(=O)(=O)N(CC(=O)N(Cc2ccc(Cl)cc2Cl)[C@H](C)C(=O)NCC(C)C)c2ccc(F)cc2)cc1. The topological polar surface area (TPSA) is 86.8 Å². The van der Waals surface area contributed by atoms with Crippen LogP contribution in [-0.4, -0.2) is 44.3 Å². The molecule has 1 atom stereocenters. The third kappa shape index (κ3) is 7.96. The lowest BCUT2D eigenvalue weighted by Crippen LogP contribution is -2.51. The molecule has 0 aliphatic rings. The predicted molar refractivity (Wildman–Crippen MR) is 156 cm³/mol. The molecule has 214 valence electrons. The minimum Gasteiger partial charge on any atom is -0.354 e. The molecule has 0 saturated carbocycles. The van der Waals surface area contributed by atoms with E-state index < -0.39 is 40.2 Å². The quantitative estimate of drug-likeness (QED) is 0.297. The van der Waals surface area contributed by atoms with Crippen LogP contribution in [-0.2, 0) is 26.2 Å². The molecule has 11 heteroatoms.